The number of fused-ring (bicyclic) bond motifs is 3. The van der Waals surface area contributed by atoms with Crippen LogP contribution in [0, 0.1) is 0 Å². The highest BCUT2D eigenvalue weighted by Crippen LogP contribution is 2.36. The lowest BCUT2D eigenvalue weighted by Crippen LogP contribution is -2.02. The maximum Gasteiger partial charge on any atom is 0.142 e. The number of anilines is 2. The topological polar surface area (TPSA) is 49.8 Å². The summed E-state index contributed by atoms with van der Waals surface area (Å²) in [5.74, 6) is 0.900. The van der Waals surface area contributed by atoms with Gasteiger partial charge < -0.3 is 10.6 Å². The molecule has 4 nitrogen and oxygen atoms in total. The van der Waals surface area contributed by atoms with Crippen molar-refractivity contribution in [3.8, 4) is 0 Å². The summed E-state index contributed by atoms with van der Waals surface area (Å²) in [6, 6.07) is 10.1. The van der Waals surface area contributed by atoms with E-state index in [4.69, 9.17) is 0 Å². The van der Waals surface area contributed by atoms with Gasteiger partial charge in [-0.1, -0.05) is 18.2 Å². The molecule has 3 heterocycles. The molecule has 1 aromatic carbocycles. The molecule has 0 unspecified atom stereocenters. The molecule has 3 aromatic rings. The molecule has 2 N–H and O–H groups in total. The Morgan fingerprint density at radius 2 is 2.00 bits per heavy atom. The Morgan fingerprint density at radius 3 is 2.89 bits per heavy atom. The molecule has 5 heteroatoms. The van der Waals surface area contributed by atoms with Crippen molar-refractivity contribution in [3.05, 3.63) is 47.1 Å². The van der Waals surface area contributed by atoms with E-state index < -0.39 is 0 Å². The van der Waals surface area contributed by atoms with Gasteiger partial charge in [-0.2, -0.15) is 0 Å². The van der Waals surface area contributed by atoms with Crippen molar-refractivity contribution in [2.75, 3.05) is 5.32 Å². The second-order valence-electron chi connectivity index (χ2n) is 4.50. The van der Waals surface area contributed by atoms with Gasteiger partial charge in [-0.3, -0.25) is 0 Å². The van der Waals surface area contributed by atoms with Gasteiger partial charge in [-0.25, -0.2) is 9.97 Å². The number of rotatable bonds is 2. The average molecular weight is 268 g/mol. The number of hydrogen-bond donors (Lipinski definition) is 2. The third-order valence-electron chi connectivity index (χ3n) is 3.29. The van der Waals surface area contributed by atoms with Crippen molar-refractivity contribution >= 4 is 33.1 Å². The van der Waals surface area contributed by atoms with E-state index in [1.54, 1.807) is 17.7 Å². The molecule has 2 aromatic heterocycles. The highest BCUT2D eigenvalue weighted by atomic mass is 32.1. The molecule has 19 heavy (non-hydrogen) atoms. The van der Waals surface area contributed by atoms with Crippen molar-refractivity contribution < 1.29 is 0 Å². The van der Waals surface area contributed by atoms with Crippen LogP contribution in [0.25, 0.3) is 10.2 Å². The first-order valence-electron chi connectivity index (χ1n) is 6.20. The van der Waals surface area contributed by atoms with E-state index >= 15 is 0 Å². The number of nitrogens with zero attached hydrogens (tertiary/aromatic N) is 2. The van der Waals surface area contributed by atoms with Crippen LogP contribution in [0.15, 0.2) is 36.7 Å². The lowest BCUT2D eigenvalue weighted by atomic mass is 10.2. The SMILES string of the molecule is c1ccc(Nc2ncnc3sc4c(c23)CNC4)cc1. The van der Waals surface area contributed by atoms with Crippen LogP contribution in [0.1, 0.15) is 10.4 Å². The molecule has 0 spiro atoms. The Kier molecular flexibility index (Phi) is 2.46. The van der Waals surface area contributed by atoms with Crippen LogP contribution in [0.4, 0.5) is 11.5 Å². The summed E-state index contributed by atoms with van der Waals surface area (Å²) in [6.45, 7) is 1.85. The first kappa shape index (κ1) is 10.9. The number of aromatic nitrogens is 2. The monoisotopic (exact) mass is 268 g/mol. The molecule has 0 fully saturated rings. The number of nitrogens with one attached hydrogen (secondary N) is 2. The fourth-order valence-corrected chi connectivity index (χ4v) is 3.55. The Labute approximate surface area is 114 Å². The first-order chi connectivity index (χ1) is 9.42. The Hall–Kier alpha value is -1.98. The summed E-state index contributed by atoms with van der Waals surface area (Å²) in [5, 5.41) is 7.93. The maximum absolute atomic E-state index is 4.41. The lowest BCUT2D eigenvalue weighted by molar-refractivity contribution is 0.769. The largest absolute Gasteiger partial charge is 0.340 e. The van der Waals surface area contributed by atoms with Gasteiger partial charge >= 0.3 is 0 Å². The third-order valence-corrected chi connectivity index (χ3v) is 4.43. The zero-order valence-electron chi connectivity index (χ0n) is 10.2. The number of hydrogen-bond acceptors (Lipinski definition) is 5. The number of para-hydroxylation sites is 1. The minimum atomic E-state index is 0.900. The molecule has 0 radical (unpaired) electrons. The zero-order valence-corrected chi connectivity index (χ0v) is 11.0. The third kappa shape index (κ3) is 1.78. The molecule has 0 bridgehead atoms. The Balaban J connectivity index is 1.86. The summed E-state index contributed by atoms with van der Waals surface area (Å²) in [6.07, 6.45) is 1.63. The molecule has 1 aliphatic rings. The molecular formula is C14H12N4S. The van der Waals surface area contributed by atoms with Gasteiger partial charge in [-0.15, -0.1) is 11.3 Å². The van der Waals surface area contributed by atoms with Crippen molar-refractivity contribution in [3.63, 3.8) is 0 Å². The molecule has 0 saturated carbocycles. The fourth-order valence-electron chi connectivity index (χ4n) is 2.42. The predicted octanol–water partition coefficient (Wildman–Crippen LogP) is 3.04. The summed E-state index contributed by atoms with van der Waals surface area (Å²) in [7, 11) is 0. The van der Waals surface area contributed by atoms with Gasteiger partial charge in [0, 0.05) is 23.7 Å². The van der Waals surface area contributed by atoms with E-state index in [1.165, 1.54) is 10.4 Å². The highest BCUT2D eigenvalue weighted by Gasteiger charge is 2.20. The van der Waals surface area contributed by atoms with Gasteiger partial charge in [0.2, 0.25) is 0 Å². The summed E-state index contributed by atoms with van der Waals surface area (Å²) < 4.78 is 0. The van der Waals surface area contributed by atoms with E-state index in [1.807, 2.05) is 30.3 Å². The first-order valence-corrected chi connectivity index (χ1v) is 7.01. The van der Waals surface area contributed by atoms with E-state index in [0.29, 0.717) is 0 Å². The smallest absolute Gasteiger partial charge is 0.142 e. The van der Waals surface area contributed by atoms with Gasteiger partial charge in [0.05, 0.1) is 5.39 Å². The average Bonchev–Trinajstić information content (AvgIpc) is 3.00. The molecule has 0 atom stereocenters. The predicted molar refractivity (Wildman–Crippen MR) is 77.7 cm³/mol. The molecular weight excluding hydrogens is 256 g/mol. The summed E-state index contributed by atoms with van der Waals surface area (Å²) in [4.78, 5) is 11.2. The minimum absolute atomic E-state index is 0.900. The second-order valence-corrected chi connectivity index (χ2v) is 5.58. The van der Waals surface area contributed by atoms with Crippen LogP contribution in [0.3, 0.4) is 0 Å². The van der Waals surface area contributed by atoms with Crippen LogP contribution in [0.5, 0.6) is 0 Å². The number of benzene rings is 1. The van der Waals surface area contributed by atoms with Gasteiger partial charge in [0.25, 0.3) is 0 Å². The second kappa shape index (κ2) is 4.29. The normalized spacial score (nSPS) is 13.7. The lowest BCUT2D eigenvalue weighted by Gasteiger charge is -2.07. The van der Waals surface area contributed by atoms with E-state index in [9.17, 15) is 0 Å². The Bertz CT molecular complexity index is 736. The van der Waals surface area contributed by atoms with Crippen LogP contribution in [-0.4, -0.2) is 9.97 Å². The van der Waals surface area contributed by atoms with Crippen LogP contribution in [0.2, 0.25) is 0 Å². The fraction of sp³-hybridized carbons (Fsp3) is 0.143. The molecule has 4 rings (SSSR count). The maximum atomic E-state index is 4.41. The molecule has 1 aliphatic heterocycles. The van der Waals surface area contributed by atoms with Crippen molar-refractivity contribution in [1.29, 1.82) is 0 Å². The molecule has 94 valence electrons. The molecule has 0 aliphatic carbocycles. The Morgan fingerprint density at radius 1 is 1.11 bits per heavy atom. The van der Waals surface area contributed by atoms with Gasteiger partial charge in [0.15, 0.2) is 0 Å². The standard InChI is InChI=1S/C14H12N4S/c1-2-4-9(5-3-1)18-13-12-10-6-15-7-11(10)19-14(12)17-8-16-13/h1-5,8,15H,6-7H2,(H,16,17,18). The highest BCUT2D eigenvalue weighted by molar-refractivity contribution is 7.19. The van der Waals surface area contributed by atoms with Crippen LogP contribution >= 0.6 is 11.3 Å². The van der Waals surface area contributed by atoms with Gasteiger partial charge in [-0.05, 0) is 17.7 Å². The van der Waals surface area contributed by atoms with Crippen molar-refractivity contribution in [2.24, 2.45) is 0 Å². The minimum Gasteiger partial charge on any atom is -0.340 e. The molecule has 0 saturated heterocycles. The van der Waals surface area contributed by atoms with Crippen molar-refractivity contribution in [2.45, 2.75) is 13.1 Å². The van der Waals surface area contributed by atoms with E-state index in [0.717, 1.165) is 34.8 Å². The van der Waals surface area contributed by atoms with Crippen LogP contribution in [-0.2, 0) is 13.1 Å². The summed E-state index contributed by atoms with van der Waals surface area (Å²) >= 11 is 1.76. The summed E-state index contributed by atoms with van der Waals surface area (Å²) in [5.41, 5.74) is 2.40. The van der Waals surface area contributed by atoms with E-state index in [-0.39, 0.29) is 0 Å². The van der Waals surface area contributed by atoms with E-state index in [2.05, 4.69) is 20.6 Å². The molecule has 0 amide bonds. The quantitative estimate of drug-likeness (QED) is 0.750. The number of thiophene rings is 1. The van der Waals surface area contributed by atoms with Crippen molar-refractivity contribution in [1.82, 2.24) is 15.3 Å². The zero-order chi connectivity index (χ0) is 12.7. The van der Waals surface area contributed by atoms with Crippen LogP contribution < -0.4 is 10.6 Å². The van der Waals surface area contributed by atoms with Gasteiger partial charge in [0.1, 0.15) is 17.0 Å².